The number of aromatic nitrogens is 1. The maximum absolute atomic E-state index is 5.18. The zero-order valence-electron chi connectivity index (χ0n) is 36.9. The van der Waals surface area contributed by atoms with E-state index in [2.05, 4.69) is 240 Å². The number of benzene rings is 9. The molecule has 65 heavy (non-hydrogen) atoms. The van der Waals surface area contributed by atoms with Gasteiger partial charge >= 0.3 is 0 Å². The summed E-state index contributed by atoms with van der Waals surface area (Å²) in [7, 11) is 0. The summed E-state index contributed by atoms with van der Waals surface area (Å²) in [4.78, 5) is 5.18. The molecule has 0 unspecified atom stereocenters. The van der Waals surface area contributed by atoms with Gasteiger partial charge in [-0.15, -0.1) is 35.4 Å². The first-order chi connectivity index (χ1) is 31.3. The number of rotatable bonds is 8. The van der Waals surface area contributed by atoms with E-state index in [9.17, 15) is 0 Å². The molecule has 0 N–H and O–H groups in total. The van der Waals surface area contributed by atoms with Crippen LogP contribution in [0.5, 0.6) is 0 Å². The summed E-state index contributed by atoms with van der Waals surface area (Å²) in [6.45, 7) is 8.59. The molecule has 1 aliphatic carbocycles. The first kappa shape index (κ1) is 41.8. The van der Waals surface area contributed by atoms with Crippen molar-refractivity contribution in [2.45, 2.75) is 27.7 Å². The summed E-state index contributed by atoms with van der Waals surface area (Å²) in [6.07, 6.45) is 4.39. The zero-order valence-corrected chi connectivity index (χ0v) is 39.3. The van der Waals surface area contributed by atoms with Gasteiger partial charge in [-0.2, -0.15) is 0 Å². The van der Waals surface area contributed by atoms with Crippen LogP contribution in [0.3, 0.4) is 0 Å². The molecular formula is C63H46IrN-. The minimum Gasteiger partial charge on any atom is -0.296 e. The van der Waals surface area contributed by atoms with E-state index in [-0.39, 0.29) is 20.1 Å². The third kappa shape index (κ3) is 8.48. The minimum atomic E-state index is 0. The molecule has 0 fully saturated rings. The molecule has 0 atom stereocenters. The average molecular weight is 1010 g/mol. The molecule has 0 amide bonds. The van der Waals surface area contributed by atoms with Gasteiger partial charge in [-0.05, 0) is 178 Å². The van der Waals surface area contributed by atoms with E-state index < -0.39 is 0 Å². The van der Waals surface area contributed by atoms with Crippen LogP contribution < -0.4 is 0 Å². The van der Waals surface area contributed by atoms with Crippen molar-refractivity contribution in [2.75, 3.05) is 0 Å². The molecule has 1 nitrogen and oxygen atoms in total. The second kappa shape index (κ2) is 17.4. The fraction of sp³-hybridized carbons (Fsp3) is 0.0635. The molecular weight excluding hydrogens is 963 g/mol. The number of hydrogen-bond acceptors (Lipinski definition) is 1. The normalized spacial score (nSPS) is 11.5. The van der Waals surface area contributed by atoms with Crippen LogP contribution in [0.4, 0.5) is 0 Å². The van der Waals surface area contributed by atoms with Gasteiger partial charge in [-0.1, -0.05) is 150 Å². The maximum atomic E-state index is 5.18. The molecule has 1 aromatic heterocycles. The van der Waals surface area contributed by atoms with Gasteiger partial charge in [-0.3, -0.25) is 4.98 Å². The van der Waals surface area contributed by atoms with E-state index in [1.54, 1.807) is 0 Å². The summed E-state index contributed by atoms with van der Waals surface area (Å²) in [5, 5.41) is 1.22. The maximum Gasteiger partial charge on any atom is 0.0607 e. The largest absolute Gasteiger partial charge is 0.296 e. The summed E-state index contributed by atoms with van der Waals surface area (Å²) >= 11 is 0. The first-order valence-electron chi connectivity index (χ1n) is 22.1. The smallest absolute Gasteiger partial charge is 0.0607 e. The number of nitrogens with zero attached hydrogens (tertiary/aromatic N) is 1. The van der Waals surface area contributed by atoms with Gasteiger partial charge in [0.2, 0.25) is 0 Å². The molecule has 9 aromatic carbocycles. The second-order valence-corrected chi connectivity index (χ2v) is 17.5. The molecule has 0 saturated carbocycles. The van der Waals surface area contributed by atoms with Crippen LogP contribution in [0.1, 0.15) is 33.4 Å². The summed E-state index contributed by atoms with van der Waals surface area (Å²) < 4.78 is 0. The van der Waals surface area contributed by atoms with Crippen molar-refractivity contribution in [3.8, 4) is 89.1 Å². The Hall–Kier alpha value is -7.22. The third-order valence-electron chi connectivity index (χ3n) is 12.8. The van der Waals surface area contributed by atoms with Crippen molar-refractivity contribution in [2.24, 2.45) is 0 Å². The van der Waals surface area contributed by atoms with E-state index in [0.29, 0.717) is 0 Å². The Morgan fingerprint density at radius 3 is 1.08 bits per heavy atom. The number of aryl methyl sites for hydroxylation is 4. The molecule has 2 heteroatoms. The molecule has 1 heterocycles. The molecule has 0 saturated heterocycles. The van der Waals surface area contributed by atoms with Gasteiger partial charge in [0.05, 0.1) is 5.52 Å². The van der Waals surface area contributed by atoms with Gasteiger partial charge in [-0.25, -0.2) is 0 Å². The average Bonchev–Trinajstić information content (AvgIpc) is 3.76. The Morgan fingerprint density at radius 1 is 0.323 bits per heavy atom. The van der Waals surface area contributed by atoms with Gasteiger partial charge in [0.15, 0.2) is 0 Å². The molecule has 0 spiro atoms. The fourth-order valence-electron chi connectivity index (χ4n) is 9.10. The quantitative estimate of drug-likeness (QED) is 0.138. The summed E-state index contributed by atoms with van der Waals surface area (Å²) in [5.41, 5.74) is 26.7. The molecule has 0 bridgehead atoms. The topological polar surface area (TPSA) is 12.9 Å². The van der Waals surface area contributed by atoms with Crippen LogP contribution in [0, 0.1) is 33.8 Å². The number of pyridine rings is 1. The van der Waals surface area contributed by atoms with Crippen molar-refractivity contribution in [1.29, 1.82) is 0 Å². The molecule has 313 valence electrons. The second-order valence-electron chi connectivity index (χ2n) is 17.5. The Bertz CT molecular complexity index is 3140. The van der Waals surface area contributed by atoms with Crippen LogP contribution in [0.25, 0.3) is 112 Å². The zero-order chi connectivity index (χ0) is 43.3. The molecule has 1 radical (unpaired) electrons. The van der Waals surface area contributed by atoms with Crippen molar-refractivity contribution in [3.63, 3.8) is 0 Å². The fourth-order valence-corrected chi connectivity index (χ4v) is 9.10. The van der Waals surface area contributed by atoms with Crippen LogP contribution in [0.15, 0.2) is 194 Å². The third-order valence-corrected chi connectivity index (χ3v) is 12.8. The van der Waals surface area contributed by atoms with Crippen molar-refractivity contribution in [3.05, 3.63) is 234 Å². The van der Waals surface area contributed by atoms with Crippen molar-refractivity contribution >= 4 is 23.1 Å². The van der Waals surface area contributed by atoms with Gasteiger partial charge in [0, 0.05) is 25.5 Å². The standard InChI is InChI=1S/C63H46N.Ir/c1-40-11-19-44(20-12-40)52-30-53(45-21-13-41(2)14-22-45)33-57(32-52)59-36-56(49-8-5-9-50(29-49)62-39-51-28-27-48-7-6-10-61(64-62)63(48)51)37-60(38-59)58-34-54(46-23-15-42(3)16-24-46)31-55(35-58)47-25-17-43(4)18-26-47;/h5-8,10-39H,1-4H3;/q-1;. The van der Waals surface area contributed by atoms with Gasteiger partial charge in [0.1, 0.15) is 0 Å². The van der Waals surface area contributed by atoms with E-state index in [4.69, 9.17) is 4.98 Å². The van der Waals surface area contributed by atoms with Gasteiger partial charge < -0.3 is 0 Å². The van der Waals surface area contributed by atoms with Crippen LogP contribution in [-0.4, -0.2) is 4.98 Å². The van der Waals surface area contributed by atoms with E-state index >= 15 is 0 Å². The first-order valence-corrected chi connectivity index (χ1v) is 22.1. The summed E-state index contributed by atoms with van der Waals surface area (Å²) in [6, 6.07) is 75.4. The summed E-state index contributed by atoms with van der Waals surface area (Å²) in [5.74, 6) is 0. The Labute approximate surface area is 396 Å². The van der Waals surface area contributed by atoms with Crippen molar-refractivity contribution in [1.82, 2.24) is 4.98 Å². The molecule has 0 aliphatic heterocycles. The Kier molecular flexibility index (Phi) is 11.2. The predicted molar refractivity (Wildman–Crippen MR) is 272 cm³/mol. The minimum absolute atomic E-state index is 0. The van der Waals surface area contributed by atoms with E-state index in [0.717, 1.165) is 50.2 Å². The van der Waals surface area contributed by atoms with Crippen LogP contribution in [-0.2, 0) is 20.1 Å². The molecule has 10 aromatic rings. The number of hydrogen-bond donors (Lipinski definition) is 0. The monoisotopic (exact) mass is 1010 g/mol. The Balaban J connectivity index is 0.00000498. The van der Waals surface area contributed by atoms with Crippen molar-refractivity contribution < 1.29 is 20.1 Å². The SMILES string of the molecule is Cc1ccc(-c2cc(-c3ccc(C)cc3)cc(-c3cc(-c4cc[c-]c(-c5cc6c7c(cccc7n5)C=C6)c4)cc(-c4cc(-c5ccc(C)cc5)cc(-c5ccc(C)cc5)c4)c3)c2)cc1.[Ir]. The predicted octanol–water partition coefficient (Wildman–Crippen LogP) is 17.1. The van der Waals surface area contributed by atoms with Gasteiger partial charge in [0.25, 0.3) is 0 Å². The van der Waals surface area contributed by atoms with E-state index in [1.807, 2.05) is 0 Å². The molecule has 11 rings (SSSR count). The van der Waals surface area contributed by atoms with Crippen LogP contribution in [0.2, 0.25) is 0 Å². The Morgan fingerprint density at radius 2 is 0.677 bits per heavy atom. The van der Waals surface area contributed by atoms with E-state index in [1.165, 1.54) is 83.3 Å². The van der Waals surface area contributed by atoms with Crippen LogP contribution >= 0.6 is 0 Å². The molecule has 1 aliphatic rings.